The fourth-order valence-corrected chi connectivity index (χ4v) is 2.59. The summed E-state index contributed by atoms with van der Waals surface area (Å²) in [5, 5.41) is 5.23. The zero-order valence-electron chi connectivity index (χ0n) is 14.8. The zero-order chi connectivity index (χ0) is 18.7. The molecular formula is C19H19N5O2. The number of para-hydroxylation sites is 1. The lowest BCUT2D eigenvalue weighted by molar-refractivity contribution is 0.0957. The molecule has 0 fully saturated rings. The molecule has 0 saturated carbocycles. The van der Waals surface area contributed by atoms with Crippen molar-refractivity contribution in [3.05, 3.63) is 71.6 Å². The molecule has 0 saturated heterocycles. The van der Waals surface area contributed by atoms with Crippen LogP contribution in [0, 0.1) is 13.8 Å². The van der Waals surface area contributed by atoms with Crippen LogP contribution < -0.4 is 10.6 Å². The average Bonchev–Trinajstić information content (AvgIpc) is 3.04. The number of nitrogens with zero attached hydrogens (tertiary/aromatic N) is 3. The average molecular weight is 349 g/mol. The van der Waals surface area contributed by atoms with Crippen molar-refractivity contribution in [2.75, 3.05) is 12.4 Å². The predicted molar refractivity (Wildman–Crippen MR) is 98.6 cm³/mol. The fourth-order valence-electron chi connectivity index (χ4n) is 2.59. The number of aryl methyl sites for hydroxylation is 2. The van der Waals surface area contributed by atoms with Crippen LogP contribution in [0.15, 0.2) is 48.8 Å². The van der Waals surface area contributed by atoms with Crippen molar-refractivity contribution in [1.82, 2.24) is 19.9 Å². The van der Waals surface area contributed by atoms with E-state index in [9.17, 15) is 9.59 Å². The first-order valence-electron chi connectivity index (χ1n) is 8.11. The molecule has 0 bridgehead atoms. The maximum absolute atomic E-state index is 12.5. The standard InChI is InChI=1S/C19H19N5O2/c1-12-6-4-5-7-17(12)24-11-16(22-13(24)2)19(26)23-14-8-9-15(21-10-14)18(25)20-3/h4-11H,1-3H3,(H,20,25)(H,23,26). The first kappa shape index (κ1) is 17.3. The van der Waals surface area contributed by atoms with Crippen molar-refractivity contribution < 1.29 is 9.59 Å². The molecule has 0 aliphatic rings. The van der Waals surface area contributed by atoms with Gasteiger partial charge in [0.15, 0.2) is 0 Å². The molecule has 2 amide bonds. The summed E-state index contributed by atoms with van der Waals surface area (Å²) in [7, 11) is 1.53. The van der Waals surface area contributed by atoms with Crippen LogP contribution in [0.1, 0.15) is 32.4 Å². The fraction of sp³-hybridized carbons (Fsp3) is 0.158. The summed E-state index contributed by atoms with van der Waals surface area (Å²) in [5.74, 6) is 0.0999. The lowest BCUT2D eigenvalue weighted by atomic mass is 10.2. The van der Waals surface area contributed by atoms with Gasteiger partial charge in [-0.1, -0.05) is 18.2 Å². The van der Waals surface area contributed by atoms with Crippen LogP contribution in [0.4, 0.5) is 5.69 Å². The number of carbonyl (C=O) groups is 2. The van der Waals surface area contributed by atoms with Crippen LogP contribution in [0.5, 0.6) is 0 Å². The van der Waals surface area contributed by atoms with Gasteiger partial charge in [-0.25, -0.2) is 9.97 Å². The van der Waals surface area contributed by atoms with E-state index in [0.29, 0.717) is 11.4 Å². The Morgan fingerprint density at radius 2 is 1.77 bits per heavy atom. The maximum Gasteiger partial charge on any atom is 0.275 e. The van der Waals surface area contributed by atoms with E-state index in [0.717, 1.165) is 17.1 Å². The topological polar surface area (TPSA) is 88.9 Å². The van der Waals surface area contributed by atoms with Crippen molar-refractivity contribution in [1.29, 1.82) is 0 Å². The lowest BCUT2D eigenvalue weighted by Crippen LogP contribution is -2.19. The number of nitrogens with one attached hydrogen (secondary N) is 2. The van der Waals surface area contributed by atoms with Gasteiger partial charge in [0.25, 0.3) is 11.8 Å². The second-order valence-corrected chi connectivity index (χ2v) is 5.80. The van der Waals surface area contributed by atoms with Crippen molar-refractivity contribution >= 4 is 17.5 Å². The molecule has 0 radical (unpaired) electrons. The smallest absolute Gasteiger partial charge is 0.275 e. The van der Waals surface area contributed by atoms with E-state index in [2.05, 4.69) is 20.6 Å². The highest BCUT2D eigenvalue weighted by molar-refractivity contribution is 6.03. The summed E-state index contributed by atoms with van der Waals surface area (Å²) >= 11 is 0. The molecule has 2 aromatic heterocycles. The molecule has 3 aromatic rings. The summed E-state index contributed by atoms with van der Waals surface area (Å²) in [5.41, 5.74) is 3.15. The van der Waals surface area contributed by atoms with E-state index >= 15 is 0 Å². The molecule has 26 heavy (non-hydrogen) atoms. The number of rotatable bonds is 4. The third-order valence-electron chi connectivity index (χ3n) is 3.97. The summed E-state index contributed by atoms with van der Waals surface area (Å²) in [6.07, 6.45) is 3.15. The minimum absolute atomic E-state index is 0.282. The summed E-state index contributed by atoms with van der Waals surface area (Å²) in [6, 6.07) is 11.1. The molecule has 132 valence electrons. The van der Waals surface area contributed by atoms with E-state index < -0.39 is 0 Å². The number of hydrogen-bond acceptors (Lipinski definition) is 4. The van der Waals surface area contributed by atoms with Gasteiger partial charge in [-0.05, 0) is 37.6 Å². The third-order valence-corrected chi connectivity index (χ3v) is 3.97. The number of benzene rings is 1. The first-order valence-corrected chi connectivity index (χ1v) is 8.11. The molecule has 3 rings (SSSR count). The van der Waals surface area contributed by atoms with Gasteiger partial charge in [-0.2, -0.15) is 0 Å². The monoisotopic (exact) mass is 349 g/mol. The maximum atomic E-state index is 12.5. The molecular weight excluding hydrogens is 330 g/mol. The minimum atomic E-state index is -0.338. The van der Waals surface area contributed by atoms with Crippen LogP contribution in [-0.4, -0.2) is 33.4 Å². The van der Waals surface area contributed by atoms with Crippen LogP contribution in [0.25, 0.3) is 5.69 Å². The number of aromatic nitrogens is 3. The molecule has 1 aromatic carbocycles. The second-order valence-electron chi connectivity index (χ2n) is 5.80. The van der Waals surface area contributed by atoms with Gasteiger partial charge >= 0.3 is 0 Å². The Balaban J connectivity index is 1.80. The Labute approximate surface area is 151 Å². The van der Waals surface area contributed by atoms with Gasteiger partial charge in [-0.15, -0.1) is 0 Å². The SMILES string of the molecule is CNC(=O)c1ccc(NC(=O)c2cn(-c3ccccc3C)c(C)n2)cn1. The van der Waals surface area contributed by atoms with Crippen LogP contribution >= 0.6 is 0 Å². The number of anilines is 1. The molecule has 7 heteroatoms. The van der Waals surface area contributed by atoms with Crippen LogP contribution in [-0.2, 0) is 0 Å². The number of amides is 2. The molecule has 2 heterocycles. The van der Waals surface area contributed by atoms with Crippen molar-refractivity contribution in [3.8, 4) is 5.69 Å². The van der Waals surface area contributed by atoms with E-state index in [4.69, 9.17) is 0 Å². The number of hydrogen-bond donors (Lipinski definition) is 2. The van der Waals surface area contributed by atoms with Gasteiger partial charge in [0.2, 0.25) is 0 Å². The Hall–Kier alpha value is -3.48. The third kappa shape index (κ3) is 3.46. The summed E-state index contributed by atoms with van der Waals surface area (Å²) in [4.78, 5) is 32.3. The van der Waals surface area contributed by atoms with E-state index in [1.54, 1.807) is 18.3 Å². The van der Waals surface area contributed by atoms with Gasteiger partial charge < -0.3 is 15.2 Å². The Morgan fingerprint density at radius 1 is 1.00 bits per heavy atom. The lowest BCUT2D eigenvalue weighted by Gasteiger charge is -2.07. The molecule has 0 aliphatic carbocycles. The quantitative estimate of drug-likeness (QED) is 0.757. The van der Waals surface area contributed by atoms with Crippen molar-refractivity contribution in [2.24, 2.45) is 0 Å². The highest BCUT2D eigenvalue weighted by atomic mass is 16.2. The van der Waals surface area contributed by atoms with E-state index in [1.165, 1.54) is 13.2 Å². The molecule has 2 N–H and O–H groups in total. The van der Waals surface area contributed by atoms with Crippen molar-refractivity contribution in [3.63, 3.8) is 0 Å². The second kappa shape index (κ2) is 7.18. The molecule has 0 spiro atoms. The number of pyridine rings is 1. The molecule has 0 unspecified atom stereocenters. The molecule has 0 aliphatic heterocycles. The largest absolute Gasteiger partial charge is 0.354 e. The van der Waals surface area contributed by atoms with Gasteiger partial charge in [0.1, 0.15) is 17.2 Å². The van der Waals surface area contributed by atoms with Gasteiger partial charge in [-0.3, -0.25) is 9.59 Å². The normalized spacial score (nSPS) is 10.4. The number of imidazole rings is 1. The minimum Gasteiger partial charge on any atom is -0.354 e. The van der Waals surface area contributed by atoms with Gasteiger partial charge in [0, 0.05) is 18.9 Å². The van der Waals surface area contributed by atoms with Crippen molar-refractivity contribution in [2.45, 2.75) is 13.8 Å². The molecule has 0 atom stereocenters. The highest BCUT2D eigenvalue weighted by Crippen LogP contribution is 2.17. The Kier molecular flexibility index (Phi) is 4.79. The van der Waals surface area contributed by atoms with E-state index in [-0.39, 0.29) is 17.5 Å². The molecule has 7 nitrogen and oxygen atoms in total. The van der Waals surface area contributed by atoms with Crippen LogP contribution in [0.2, 0.25) is 0 Å². The van der Waals surface area contributed by atoms with E-state index in [1.807, 2.05) is 42.7 Å². The predicted octanol–water partition coefficient (Wildman–Crippen LogP) is 2.50. The summed E-state index contributed by atoms with van der Waals surface area (Å²) in [6.45, 7) is 3.86. The Morgan fingerprint density at radius 3 is 2.42 bits per heavy atom. The first-order chi connectivity index (χ1) is 12.5. The Bertz CT molecular complexity index is 960. The highest BCUT2D eigenvalue weighted by Gasteiger charge is 2.14. The zero-order valence-corrected chi connectivity index (χ0v) is 14.8. The number of carbonyl (C=O) groups excluding carboxylic acids is 2. The van der Waals surface area contributed by atoms with Gasteiger partial charge in [0.05, 0.1) is 11.9 Å². The van der Waals surface area contributed by atoms with Crippen LogP contribution in [0.3, 0.4) is 0 Å². The summed E-state index contributed by atoms with van der Waals surface area (Å²) < 4.78 is 1.89.